The van der Waals surface area contributed by atoms with Crippen molar-refractivity contribution in [3.63, 3.8) is 0 Å². The zero-order valence-corrected chi connectivity index (χ0v) is 13.5. The molecular weight excluding hydrogens is 310 g/mol. The van der Waals surface area contributed by atoms with E-state index in [2.05, 4.69) is 15.6 Å². The fourth-order valence-electron chi connectivity index (χ4n) is 1.93. The third-order valence-corrected chi connectivity index (χ3v) is 3.12. The van der Waals surface area contributed by atoms with E-state index in [-0.39, 0.29) is 12.0 Å². The number of rotatable bonds is 6. The number of nitrogens with one attached hydrogen (secondary N) is 2. The van der Waals surface area contributed by atoms with Crippen LogP contribution in [-0.2, 0) is 11.3 Å². The summed E-state index contributed by atoms with van der Waals surface area (Å²) in [5.74, 6) is 0.101. The molecular formula is C17H19N3O4. The zero-order chi connectivity index (χ0) is 17.4. The van der Waals surface area contributed by atoms with Gasteiger partial charge in [-0.1, -0.05) is 0 Å². The van der Waals surface area contributed by atoms with Crippen LogP contribution in [-0.4, -0.2) is 30.7 Å². The summed E-state index contributed by atoms with van der Waals surface area (Å²) in [5.41, 5.74) is 1.88. The van der Waals surface area contributed by atoms with Crippen LogP contribution >= 0.6 is 0 Å². The number of hydrogen-bond acceptors (Lipinski definition) is 5. The molecule has 1 aromatic heterocycles. The van der Waals surface area contributed by atoms with Gasteiger partial charge in [0.2, 0.25) is 5.88 Å². The van der Waals surface area contributed by atoms with E-state index >= 15 is 0 Å². The lowest BCUT2D eigenvalue weighted by Gasteiger charge is -2.09. The number of nitrogens with zero attached hydrogens (tertiary/aromatic N) is 1. The van der Waals surface area contributed by atoms with Crippen LogP contribution in [0.4, 0.5) is 10.5 Å². The highest BCUT2D eigenvalue weighted by Crippen LogP contribution is 2.11. The molecule has 0 aliphatic heterocycles. The first kappa shape index (κ1) is 17.3. The Morgan fingerprint density at radius 2 is 1.92 bits per heavy atom. The number of hydrogen-bond donors (Lipinski definition) is 2. The highest BCUT2D eigenvalue weighted by molar-refractivity contribution is 5.92. The maximum absolute atomic E-state index is 11.9. The lowest BCUT2D eigenvalue weighted by atomic mass is 10.2. The highest BCUT2D eigenvalue weighted by atomic mass is 16.5. The van der Waals surface area contributed by atoms with E-state index in [0.717, 1.165) is 5.56 Å². The number of esters is 1. The van der Waals surface area contributed by atoms with Gasteiger partial charge < -0.3 is 20.1 Å². The lowest BCUT2D eigenvalue weighted by molar-refractivity contribution is 0.0526. The Morgan fingerprint density at radius 3 is 2.58 bits per heavy atom. The summed E-state index contributed by atoms with van der Waals surface area (Å²) in [5, 5.41) is 5.42. The molecule has 0 spiro atoms. The molecule has 0 atom stereocenters. The predicted molar refractivity (Wildman–Crippen MR) is 89.0 cm³/mol. The molecule has 0 aliphatic rings. The minimum absolute atomic E-state index is 0.320. The zero-order valence-electron chi connectivity index (χ0n) is 13.5. The second-order valence-corrected chi connectivity index (χ2v) is 4.81. The van der Waals surface area contributed by atoms with Crippen LogP contribution < -0.4 is 15.4 Å². The van der Waals surface area contributed by atoms with Crippen molar-refractivity contribution >= 4 is 17.7 Å². The van der Waals surface area contributed by atoms with Crippen molar-refractivity contribution in [2.45, 2.75) is 13.5 Å². The second-order valence-electron chi connectivity index (χ2n) is 4.81. The number of anilines is 1. The first-order valence-electron chi connectivity index (χ1n) is 7.43. The summed E-state index contributed by atoms with van der Waals surface area (Å²) in [7, 11) is 1.53. The van der Waals surface area contributed by atoms with E-state index < -0.39 is 0 Å². The molecule has 0 saturated carbocycles. The van der Waals surface area contributed by atoms with E-state index in [1.54, 1.807) is 49.5 Å². The highest BCUT2D eigenvalue weighted by Gasteiger charge is 2.07. The largest absolute Gasteiger partial charge is 0.481 e. The van der Waals surface area contributed by atoms with Gasteiger partial charge in [0.25, 0.3) is 0 Å². The van der Waals surface area contributed by atoms with Gasteiger partial charge in [-0.15, -0.1) is 0 Å². The topological polar surface area (TPSA) is 89.5 Å². The van der Waals surface area contributed by atoms with Crippen LogP contribution in [0.1, 0.15) is 22.8 Å². The molecule has 7 nitrogen and oxygen atoms in total. The molecule has 0 bridgehead atoms. The molecule has 0 radical (unpaired) electrons. The van der Waals surface area contributed by atoms with E-state index in [4.69, 9.17) is 9.47 Å². The second kappa shape index (κ2) is 8.52. The number of pyridine rings is 1. The van der Waals surface area contributed by atoms with Crippen molar-refractivity contribution < 1.29 is 19.1 Å². The Morgan fingerprint density at radius 1 is 1.17 bits per heavy atom. The normalized spacial score (nSPS) is 9.92. The van der Waals surface area contributed by atoms with Crippen molar-refractivity contribution in [2.75, 3.05) is 19.0 Å². The minimum Gasteiger partial charge on any atom is -0.481 e. The molecule has 2 amide bonds. The molecule has 24 heavy (non-hydrogen) atoms. The number of urea groups is 1. The van der Waals surface area contributed by atoms with Crippen molar-refractivity contribution in [1.29, 1.82) is 0 Å². The van der Waals surface area contributed by atoms with Gasteiger partial charge in [-0.3, -0.25) is 0 Å². The molecule has 2 aromatic rings. The number of aromatic nitrogens is 1. The molecule has 1 aromatic carbocycles. The van der Waals surface area contributed by atoms with Gasteiger partial charge in [0.05, 0.1) is 19.3 Å². The Kier molecular flexibility index (Phi) is 6.13. The predicted octanol–water partition coefficient (Wildman–Crippen LogP) is 2.59. The first-order chi connectivity index (χ1) is 11.6. The van der Waals surface area contributed by atoms with Crippen LogP contribution in [0.15, 0.2) is 42.6 Å². The summed E-state index contributed by atoms with van der Waals surface area (Å²) in [6.45, 7) is 2.41. The van der Waals surface area contributed by atoms with Gasteiger partial charge in [0.15, 0.2) is 0 Å². The number of amides is 2. The average Bonchev–Trinajstić information content (AvgIpc) is 2.61. The summed E-state index contributed by atoms with van der Waals surface area (Å²) >= 11 is 0. The van der Waals surface area contributed by atoms with Gasteiger partial charge in [-0.25, -0.2) is 14.6 Å². The number of methoxy groups -OCH3 is 1. The van der Waals surface area contributed by atoms with E-state index in [0.29, 0.717) is 30.3 Å². The average molecular weight is 329 g/mol. The Hall–Kier alpha value is -3.09. The molecule has 0 unspecified atom stereocenters. The standard InChI is InChI=1S/C17H19N3O4/c1-3-24-16(21)13-4-6-14(7-5-13)20-17(22)19-11-12-8-9-18-15(10-12)23-2/h4-10H,3,11H2,1-2H3,(H2,19,20,22). The fourth-order valence-corrected chi connectivity index (χ4v) is 1.93. The first-order valence-corrected chi connectivity index (χ1v) is 7.43. The monoisotopic (exact) mass is 329 g/mol. The molecule has 0 aliphatic carbocycles. The lowest BCUT2D eigenvalue weighted by Crippen LogP contribution is -2.28. The third kappa shape index (κ3) is 4.98. The minimum atomic E-state index is -0.389. The quantitative estimate of drug-likeness (QED) is 0.795. The van der Waals surface area contributed by atoms with Crippen molar-refractivity contribution in [3.05, 3.63) is 53.7 Å². The van der Waals surface area contributed by atoms with Crippen LogP contribution in [0.5, 0.6) is 5.88 Å². The summed E-state index contributed by atoms with van der Waals surface area (Å²) in [6, 6.07) is 9.66. The van der Waals surface area contributed by atoms with Crippen LogP contribution in [0.25, 0.3) is 0 Å². The van der Waals surface area contributed by atoms with Crippen LogP contribution in [0, 0.1) is 0 Å². The molecule has 1 heterocycles. The van der Waals surface area contributed by atoms with E-state index in [1.165, 1.54) is 7.11 Å². The van der Waals surface area contributed by atoms with Gasteiger partial charge in [0, 0.05) is 24.5 Å². The summed E-state index contributed by atoms with van der Waals surface area (Å²) < 4.78 is 9.93. The van der Waals surface area contributed by atoms with Gasteiger partial charge in [-0.05, 0) is 42.8 Å². The Labute approximate surface area is 140 Å². The maximum atomic E-state index is 11.9. The number of ether oxygens (including phenoxy) is 2. The third-order valence-electron chi connectivity index (χ3n) is 3.12. The summed E-state index contributed by atoms with van der Waals surface area (Å²) in [4.78, 5) is 27.5. The number of carbonyl (C=O) groups excluding carboxylic acids is 2. The SMILES string of the molecule is CCOC(=O)c1ccc(NC(=O)NCc2ccnc(OC)c2)cc1. The molecule has 0 fully saturated rings. The van der Waals surface area contributed by atoms with Gasteiger partial charge >= 0.3 is 12.0 Å². The van der Waals surface area contributed by atoms with Gasteiger partial charge in [0.1, 0.15) is 0 Å². The number of benzene rings is 1. The Balaban J connectivity index is 1.86. The van der Waals surface area contributed by atoms with Crippen molar-refractivity contribution in [2.24, 2.45) is 0 Å². The molecule has 0 saturated heterocycles. The smallest absolute Gasteiger partial charge is 0.338 e. The number of carbonyl (C=O) groups is 2. The van der Waals surface area contributed by atoms with Crippen LogP contribution in [0.2, 0.25) is 0 Å². The van der Waals surface area contributed by atoms with E-state index in [9.17, 15) is 9.59 Å². The Bertz CT molecular complexity index is 701. The molecule has 7 heteroatoms. The molecule has 2 N–H and O–H groups in total. The van der Waals surface area contributed by atoms with E-state index in [1.807, 2.05) is 0 Å². The fraction of sp³-hybridized carbons (Fsp3) is 0.235. The maximum Gasteiger partial charge on any atom is 0.338 e. The van der Waals surface area contributed by atoms with Crippen molar-refractivity contribution in [3.8, 4) is 5.88 Å². The van der Waals surface area contributed by atoms with Gasteiger partial charge in [-0.2, -0.15) is 0 Å². The van der Waals surface area contributed by atoms with Crippen molar-refractivity contribution in [1.82, 2.24) is 10.3 Å². The molecule has 2 rings (SSSR count). The summed E-state index contributed by atoms with van der Waals surface area (Å²) in [6.07, 6.45) is 1.61. The van der Waals surface area contributed by atoms with Crippen LogP contribution in [0.3, 0.4) is 0 Å². The molecule has 126 valence electrons.